The van der Waals surface area contributed by atoms with Crippen molar-refractivity contribution in [2.24, 2.45) is 16.2 Å². The van der Waals surface area contributed by atoms with Crippen LogP contribution >= 0.6 is 0 Å². The minimum absolute atomic E-state index is 0.171. The first-order chi connectivity index (χ1) is 38.6. The second kappa shape index (κ2) is 16.4. The Morgan fingerprint density at radius 1 is 0.395 bits per heavy atom. The Bertz CT molecular complexity index is 4360. The summed E-state index contributed by atoms with van der Waals surface area (Å²) in [6, 6.07) is 24.3. The third-order valence-electron chi connectivity index (χ3n) is 18.6. The van der Waals surface area contributed by atoms with Gasteiger partial charge in [0.25, 0.3) is 27.5 Å². The van der Waals surface area contributed by atoms with Gasteiger partial charge in [0.05, 0.1) is 4.90 Å². The first-order valence-corrected chi connectivity index (χ1v) is 29.8. The van der Waals surface area contributed by atoms with Crippen molar-refractivity contribution < 1.29 is 41.4 Å². The fourth-order valence-corrected chi connectivity index (χ4v) is 13.7. The van der Waals surface area contributed by atoms with Crippen molar-refractivity contribution in [1.82, 2.24) is 39.9 Å². The molecular formula is C63H60N8O9S. The number of fused-ring (bicyclic) bond motifs is 23. The molecule has 0 amide bonds. The smallest absolute Gasteiger partial charge is 0.294 e. The zero-order valence-corrected chi connectivity index (χ0v) is 46.8. The Morgan fingerprint density at radius 2 is 0.704 bits per heavy atom. The fraction of sp³-hybridized carbons (Fsp3) is 0.397. The van der Waals surface area contributed by atoms with E-state index in [1.807, 2.05) is 54.6 Å². The van der Waals surface area contributed by atoms with Crippen molar-refractivity contribution >= 4 is 54.3 Å². The van der Waals surface area contributed by atoms with Crippen LogP contribution in [-0.4, -0.2) is 70.2 Å². The number of nitrogens with one attached hydrogen (secondary N) is 2. The van der Waals surface area contributed by atoms with E-state index >= 15 is 0 Å². The first-order valence-electron chi connectivity index (χ1n) is 28.3. The Labute approximate surface area is 467 Å². The van der Waals surface area contributed by atoms with E-state index in [0.29, 0.717) is 86.8 Å². The minimum atomic E-state index is -4.36. The number of hydrogen-bond donors (Lipinski definition) is 3. The van der Waals surface area contributed by atoms with Crippen molar-refractivity contribution in [2.75, 3.05) is 0 Å². The summed E-state index contributed by atoms with van der Waals surface area (Å²) in [5, 5.41) is 3.00. The number of nitrogens with zero attached hydrogens (tertiary/aromatic N) is 6. The lowest BCUT2D eigenvalue weighted by Crippen LogP contribution is -2.44. The van der Waals surface area contributed by atoms with Crippen LogP contribution in [0.2, 0.25) is 0 Å². The molecule has 3 spiro atoms. The summed E-state index contributed by atoms with van der Waals surface area (Å²) in [5.74, 6) is 3.20. The Kier molecular flexibility index (Phi) is 9.94. The van der Waals surface area contributed by atoms with Gasteiger partial charge in [-0.05, 0) is 127 Å². The summed E-state index contributed by atoms with van der Waals surface area (Å²) in [4.78, 5) is 39.1. The van der Waals surface area contributed by atoms with E-state index in [-0.39, 0.29) is 21.1 Å². The SMILES string of the molecule is CC1(C)CCC2(CC1)Oc1cc3c(cc1O2)-c1nc-3nc2[nH]c(nc3nc(nc4[nH]c(n1)c1cc5c(cc41)OC1(CCC(C)(C)CC1)O5)-c1cc(Cc4ccc(S(=O)(=O)O)cc4)ccc1-3)c1cc3c(cc21)OC1(CCC(C)(C)CC1)O3. The third-order valence-corrected chi connectivity index (χ3v) is 19.5. The molecule has 3 saturated carbocycles. The maximum Gasteiger partial charge on any atom is 0.294 e. The highest BCUT2D eigenvalue weighted by Crippen LogP contribution is 2.56. The summed E-state index contributed by atoms with van der Waals surface area (Å²) in [6.07, 6.45) is 10.8. The van der Waals surface area contributed by atoms with E-state index in [1.165, 1.54) is 12.1 Å². The Balaban J connectivity index is 0.927. The molecule has 8 aliphatic rings. The molecule has 3 aliphatic carbocycles. The number of hydrogen-bond acceptors (Lipinski definition) is 14. The summed E-state index contributed by atoms with van der Waals surface area (Å²) < 4.78 is 74.5. The summed E-state index contributed by atoms with van der Waals surface area (Å²) >= 11 is 0. The molecule has 16 rings (SSSR count). The van der Waals surface area contributed by atoms with Gasteiger partial charge in [0.15, 0.2) is 57.8 Å². The highest BCUT2D eigenvalue weighted by atomic mass is 32.2. The second-order valence-electron chi connectivity index (χ2n) is 26.2. The molecular weight excluding hydrogens is 1040 g/mol. The molecule has 3 N–H and O–H groups in total. The molecule has 0 saturated heterocycles. The molecule has 8 heterocycles. The molecule has 18 heteroatoms. The largest absolute Gasteiger partial charge is 0.448 e. The van der Waals surface area contributed by atoms with Crippen LogP contribution < -0.4 is 28.4 Å². The van der Waals surface area contributed by atoms with Gasteiger partial charge in [0.1, 0.15) is 22.6 Å². The van der Waals surface area contributed by atoms with Crippen molar-refractivity contribution in [1.29, 1.82) is 0 Å². The molecule has 0 atom stereocenters. The molecule has 17 nitrogen and oxygen atoms in total. The van der Waals surface area contributed by atoms with Crippen molar-refractivity contribution in [3.8, 4) is 80.0 Å². The molecule has 3 aromatic heterocycles. The molecule has 81 heavy (non-hydrogen) atoms. The number of aromatic nitrogens is 8. The van der Waals surface area contributed by atoms with Crippen LogP contribution in [0.3, 0.4) is 0 Å². The quantitative estimate of drug-likeness (QED) is 0.140. The summed E-state index contributed by atoms with van der Waals surface area (Å²) in [6.45, 7) is 13.8. The van der Waals surface area contributed by atoms with Gasteiger partial charge in [-0.3, -0.25) is 4.55 Å². The number of ether oxygens (including phenoxy) is 6. The lowest BCUT2D eigenvalue weighted by molar-refractivity contribution is -0.123. The van der Waals surface area contributed by atoms with E-state index < -0.39 is 27.5 Å². The van der Waals surface area contributed by atoms with Gasteiger partial charge in [-0.15, -0.1) is 0 Å². The highest BCUT2D eigenvalue weighted by Gasteiger charge is 2.50. The van der Waals surface area contributed by atoms with Crippen LogP contribution in [0.4, 0.5) is 0 Å². The standard InChI is InChI=1S/C63H60N8O9S/c1-58(2)13-19-61(20-14-58)75-44-27-38-39(28-45(44)76-61)54-67-52(38)65-50-36-12-9-34(25-33-7-10-35(11-8-33)81(72,73)74)26-37(36)51(64-50)66-53-40-29-46-47(78-62(77-46)21-15-59(3,4)16-22-62)30-41(40)55(68-53)70-57-43-32-49-48(31-42(43)56(69-54)71-57)79-63(80-49)23-17-60(5,6)18-24-63/h7-12,26-32H,13-25H2,1-6H3,(H,72,73,74)(H2,64,65,66,67,68,69,70,71). The molecule has 3 fully saturated rings. The van der Waals surface area contributed by atoms with Gasteiger partial charge in [0, 0.05) is 82.3 Å². The predicted octanol–water partition coefficient (Wildman–Crippen LogP) is 13.9. The van der Waals surface area contributed by atoms with Gasteiger partial charge in [0.2, 0.25) is 0 Å². The number of benzene rings is 5. The molecule has 5 aliphatic heterocycles. The Hall–Kier alpha value is -7.83. The lowest BCUT2D eigenvalue weighted by atomic mass is 9.75. The first kappa shape index (κ1) is 49.0. The molecule has 0 radical (unpaired) electrons. The number of rotatable bonds is 3. The van der Waals surface area contributed by atoms with Crippen LogP contribution in [0.15, 0.2) is 83.8 Å². The number of aromatic amines is 2. The average Bonchev–Trinajstić information content (AvgIpc) is 4.13. The van der Waals surface area contributed by atoms with E-state index in [1.54, 1.807) is 12.1 Å². The van der Waals surface area contributed by atoms with Crippen molar-refractivity contribution in [3.63, 3.8) is 0 Å². The van der Waals surface area contributed by atoms with Crippen molar-refractivity contribution in [2.45, 2.75) is 147 Å². The molecule has 8 aromatic rings. The molecule has 0 unspecified atom stereocenters. The zero-order chi connectivity index (χ0) is 55.2. The fourth-order valence-electron chi connectivity index (χ4n) is 13.3. The summed E-state index contributed by atoms with van der Waals surface area (Å²) in [5.41, 5.74) is 7.28. The lowest BCUT2D eigenvalue weighted by Gasteiger charge is -2.39. The van der Waals surface area contributed by atoms with Crippen LogP contribution in [0.5, 0.6) is 34.5 Å². The van der Waals surface area contributed by atoms with Crippen LogP contribution in [0, 0.1) is 16.2 Å². The monoisotopic (exact) mass is 1100 g/mol. The summed E-state index contributed by atoms with van der Waals surface area (Å²) in [7, 11) is -4.36. The normalized spacial score (nSPS) is 20.5. The van der Waals surface area contributed by atoms with Gasteiger partial charge in [-0.25, -0.2) is 29.9 Å². The average molecular weight is 1110 g/mol. The third kappa shape index (κ3) is 8.12. The van der Waals surface area contributed by atoms with Crippen LogP contribution in [0.1, 0.15) is 130 Å². The second-order valence-corrected chi connectivity index (χ2v) is 27.6. The van der Waals surface area contributed by atoms with Gasteiger partial charge in [-0.2, -0.15) is 8.42 Å². The Morgan fingerprint density at radius 3 is 1.05 bits per heavy atom. The van der Waals surface area contributed by atoms with Gasteiger partial charge < -0.3 is 38.4 Å². The molecule has 8 bridgehead atoms. The predicted molar refractivity (Wildman–Crippen MR) is 304 cm³/mol. The van der Waals surface area contributed by atoms with Crippen LogP contribution in [-0.2, 0) is 16.5 Å². The minimum Gasteiger partial charge on any atom is -0.448 e. The van der Waals surface area contributed by atoms with Crippen LogP contribution in [0.25, 0.3) is 89.7 Å². The van der Waals surface area contributed by atoms with Gasteiger partial charge >= 0.3 is 0 Å². The highest BCUT2D eigenvalue weighted by molar-refractivity contribution is 7.85. The topological polar surface area (TPSA) is 219 Å². The maximum atomic E-state index is 11.9. The zero-order valence-electron chi connectivity index (χ0n) is 46.0. The van der Waals surface area contributed by atoms with Crippen molar-refractivity contribution in [3.05, 3.63) is 90.0 Å². The molecule has 412 valence electrons. The molecule has 5 aromatic carbocycles. The van der Waals surface area contributed by atoms with E-state index in [0.717, 1.165) is 132 Å². The van der Waals surface area contributed by atoms with E-state index in [4.69, 9.17) is 58.3 Å². The maximum absolute atomic E-state index is 11.9. The van der Waals surface area contributed by atoms with E-state index in [2.05, 4.69) is 51.5 Å². The number of H-pyrrole nitrogens is 2. The van der Waals surface area contributed by atoms with Gasteiger partial charge in [-0.1, -0.05) is 65.8 Å². The van der Waals surface area contributed by atoms with E-state index in [9.17, 15) is 13.0 Å².